The first-order valence-electron chi connectivity index (χ1n) is 7.97. The smallest absolute Gasteiger partial charge is 0.240 e. The normalized spacial score (nSPS) is 12.7. The molecule has 1 aromatic carbocycles. The van der Waals surface area contributed by atoms with E-state index in [0.717, 1.165) is 4.88 Å². The average Bonchev–Trinajstić information content (AvgIpc) is 3.08. The Kier molecular flexibility index (Phi) is 7.30. The molecule has 0 unspecified atom stereocenters. The lowest BCUT2D eigenvalue weighted by molar-refractivity contribution is -0.114. The lowest BCUT2D eigenvalue weighted by Crippen LogP contribution is -2.30. The lowest BCUT2D eigenvalue weighted by atomic mass is 10.2. The number of sulfonamides is 1. The van der Waals surface area contributed by atoms with Gasteiger partial charge < -0.3 is 15.2 Å². The predicted molar refractivity (Wildman–Crippen MR) is 101 cm³/mol. The predicted octanol–water partition coefficient (Wildman–Crippen LogP) is 2.04. The van der Waals surface area contributed by atoms with E-state index in [9.17, 15) is 13.2 Å². The second kappa shape index (κ2) is 9.24. The summed E-state index contributed by atoms with van der Waals surface area (Å²) < 4.78 is 33.4. The molecule has 0 saturated carbocycles. The summed E-state index contributed by atoms with van der Waals surface area (Å²) in [5.41, 5.74) is 1.06. The van der Waals surface area contributed by atoms with Crippen molar-refractivity contribution < 1.29 is 23.1 Å². The minimum Gasteiger partial charge on any atom is -0.394 e. The first-order valence-corrected chi connectivity index (χ1v) is 10.3. The summed E-state index contributed by atoms with van der Waals surface area (Å²) in [7, 11) is -3.75. The van der Waals surface area contributed by atoms with Gasteiger partial charge in [0.15, 0.2) is 0 Å². The fraction of sp³-hybridized carbons (Fsp3) is 0.353. The maximum absolute atomic E-state index is 12.6. The van der Waals surface area contributed by atoms with Crippen molar-refractivity contribution in [2.75, 3.05) is 25.1 Å². The summed E-state index contributed by atoms with van der Waals surface area (Å²) in [5.74, 6) is -0.224. The summed E-state index contributed by atoms with van der Waals surface area (Å²) in [6.07, 6.45) is -0.476. The molecule has 0 bridgehead atoms. The zero-order chi connectivity index (χ0) is 19.2. The molecular formula is C17H22N2O5S2. The van der Waals surface area contributed by atoms with Gasteiger partial charge in [-0.15, -0.1) is 11.3 Å². The van der Waals surface area contributed by atoms with E-state index in [1.165, 1.54) is 24.3 Å². The highest BCUT2D eigenvalue weighted by Crippen LogP contribution is 2.24. The number of aliphatic hydroxyl groups is 1. The number of hydrogen-bond acceptors (Lipinski definition) is 6. The van der Waals surface area contributed by atoms with Crippen LogP contribution in [0.3, 0.4) is 0 Å². The third-order valence-electron chi connectivity index (χ3n) is 3.51. The van der Waals surface area contributed by atoms with Gasteiger partial charge in [0, 0.05) is 24.0 Å². The van der Waals surface area contributed by atoms with Crippen LogP contribution >= 0.6 is 11.3 Å². The molecule has 0 aliphatic carbocycles. The van der Waals surface area contributed by atoms with E-state index in [1.807, 2.05) is 17.5 Å². The molecule has 2 aromatic rings. The molecule has 2 rings (SSSR count). The van der Waals surface area contributed by atoms with Crippen LogP contribution in [0.2, 0.25) is 0 Å². The van der Waals surface area contributed by atoms with E-state index in [2.05, 4.69) is 10.0 Å². The minimum atomic E-state index is -3.75. The van der Waals surface area contributed by atoms with Gasteiger partial charge >= 0.3 is 0 Å². The Morgan fingerprint density at radius 2 is 2.12 bits per heavy atom. The SMILES string of the molecule is CC(=O)Nc1ccc(S(=O)(=O)NC[C@@H](OCCO)c2cccs2)c(C)c1. The second-order valence-corrected chi connectivity index (χ2v) is 8.33. The highest BCUT2D eigenvalue weighted by atomic mass is 32.2. The number of ether oxygens (including phenoxy) is 1. The van der Waals surface area contributed by atoms with Crippen molar-refractivity contribution in [3.05, 3.63) is 46.2 Å². The summed E-state index contributed by atoms with van der Waals surface area (Å²) in [4.78, 5) is 12.1. The molecule has 1 heterocycles. The standard InChI is InChI=1S/C17H22N2O5S2/c1-12-10-14(19-13(2)21)5-6-17(12)26(22,23)18-11-15(24-8-7-20)16-4-3-9-25-16/h3-6,9-10,15,18,20H,7-8,11H2,1-2H3,(H,19,21)/t15-/m1/s1. The molecule has 0 saturated heterocycles. The maximum atomic E-state index is 12.6. The lowest BCUT2D eigenvalue weighted by Gasteiger charge is -2.18. The van der Waals surface area contributed by atoms with E-state index in [1.54, 1.807) is 19.1 Å². The molecule has 142 valence electrons. The number of aryl methyl sites for hydroxylation is 1. The molecule has 0 spiro atoms. The van der Waals surface area contributed by atoms with Crippen LogP contribution < -0.4 is 10.0 Å². The Morgan fingerprint density at radius 1 is 1.35 bits per heavy atom. The third-order valence-corrected chi connectivity index (χ3v) is 6.06. The first kappa shape index (κ1) is 20.5. The highest BCUT2D eigenvalue weighted by molar-refractivity contribution is 7.89. The van der Waals surface area contributed by atoms with Gasteiger partial charge in [0.05, 0.1) is 18.1 Å². The summed E-state index contributed by atoms with van der Waals surface area (Å²) in [5, 5.41) is 13.5. The molecule has 26 heavy (non-hydrogen) atoms. The number of carbonyl (C=O) groups is 1. The van der Waals surface area contributed by atoms with Crippen molar-refractivity contribution in [2.24, 2.45) is 0 Å². The molecule has 7 nitrogen and oxygen atoms in total. The highest BCUT2D eigenvalue weighted by Gasteiger charge is 2.21. The van der Waals surface area contributed by atoms with Crippen LogP contribution in [0.1, 0.15) is 23.5 Å². The molecule has 1 amide bonds. The fourth-order valence-corrected chi connectivity index (χ4v) is 4.44. The van der Waals surface area contributed by atoms with Crippen molar-refractivity contribution in [1.29, 1.82) is 0 Å². The van der Waals surface area contributed by atoms with Gasteiger partial charge in [-0.1, -0.05) is 6.07 Å². The van der Waals surface area contributed by atoms with Gasteiger partial charge in [-0.25, -0.2) is 13.1 Å². The van der Waals surface area contributed by atoms with Gasteiger partial charge in [-0.05, 0) is 42.1 Å². The molecular weight excluding hydrogens is 376 g/mol. The van der Waals surface area contributed by atoms with Crippen LogP contribution in [-0.2, 0) is 19.6 Å². The summed E-state index contributed by atoms with van der Waals surface area (Å²) >= 11 is 1.46. The zero-order valence-corrected chi connectivity index (χ0v) is 16.2. The Labute approximate surface area is 157 Å². The second-order valence-electron chi connectivity index (χ2n) is 5.61. The van der Waals surface area contributed by atoms with Crippen molar-refractivity contribution in [3.8, 4) is 0 Å². The number of nitrogens with one attached hydrogen (secondary N) is 2. The molecule has 1 atom stereocenters. The number of carbonyl (C=O) groups excluding carboxylic acids is 1. The molecule has 0 fully saturated rings. The van der Waals surface area contributed by atoms with E-state index in [0.29, 0.717) is 11.3 Å². The number of hydrogen-bond donors (Lipinski definition) is 3. The quantitative estimate of drug-likeness (QED) is 0.600. The van der Waals surface area contributed by atoms with Crippen LogP contribution in [0.4, 0.5) is 5.69 Å². The third kappa shape index (κ3) is 5.61. The molecule has 9 heteroatoms. The Hall–Kier alpha value is -1.78. The number of rotatable bonds is 9. The van der Waals surface area contributed by atoms with Crippen LogP contribution in [0.25, 0.3) is 0 Å². The Bertz CT molecular complexity index is 835. The topological polar surface area (TPSA) is 105 Å². The van der Waals surface area contributed by atoms with Crippen molar-refractivity contribution in [1.82, 2.24) is 4.72 Å². The van der Waals surface area contributed by atoms with Crippen LogP contribution in [0.5, 0.6) is 0 Å². The number of aliphatic hydroxyl groups excluding tert-OH is 1. The van der Waals surface area contributed by atoms with Gasteiger partial charge in [0.25, 0.3) is 0 Å². The maximum Gasteiger partial charge on any atom is 0.240 e. The molecule has 0 aliphatic heterocycles. The summed E-state index contributed by atoms with van der Waals surface area (Å²) in [6.45, 7) is 3.08. The monoisotopic (exact) mass is 398 g/mol. The minimum absolute atomic E-state index is 0.0513. The van der Waals surface area contributed by atoms with E-state index in [-0.39, 0.29) is 30.6 Å². The van der Waals surface area contributed by atoms with Gasteiger partial charge in [-0.3, -0.25) is 4.79 Å². The number of thiophene rings is 1. The van der Waals surface area contributed by atoms with Crippen molar-refractivity contribution in [2.45, 2.75) is 24.8 Å². The van der Waals surface area contributed by atoms with Crippen LogP contribution in [0.15, 0.2) is 40.6 Å². The number of anilines is 1. The first-order chi connectivity index (χ1) is 12.3. The zero-order valence-electron chi connectivity index (χ0n) is 14.6. The Morgan fingerprint density at radius 3 is 2.69 bits per heavy atom. The number of amides is 1. The van der Waals surface area contributed by atoms with E-state index in [4.69, 9.17) is 9.84 Å². The fourth-order valence-electron chi connectivity index (χ4n) is 2.41. The summed E-state index contributed by atoms with van der Waals surface area (Å²) in [6, 6.07) is 8.32. The molecule has 1 aromatic heterocycles. The van der Waals surface area contributed by atoms with Crippen molar-refractivity contribution in [3.63, 3.8) is 0 Å². The van der Waals surface area contributed by atoms with Crippen molar-refractivity contribution >= 4 is 33.0 Å². The average molecular weight is 399 g/mol. The van der Waals surface area contributed by atoms with Gasteiger partial charge in [-0.2, -0.15) is 0 Å². The molecule has 0 radical (unpaired) electrons. The van der Waals surface area contributed by atoms with Crippen LogP contribution in [-0.4, -0.2) is 39.2 Å². The van der Waals surface area contributed by atoms with E-state index < -0.39 is 16.1 Å². The van der Waals surface area contributed by atoms with Gasteiger partial charge in [0.2, 0.25) is 15.9 Å². The number of benzene rings is 1. The van der Waals surface area contributed by atoms with Gasteiger partial charge in [0.1, 0.15) is 6.10 Å². The molecule has 3 N–H and O–H groups in total. The molecule has 0 aliphatic rings. The largest absolute Gasteiger partial charge is 0.394 e. The van der Waals surface area contributed by atoms with Crippen LogP contribution in [0, 0.1) is 6.92 Å². The van der Waals surface area contributed by atoms with E-state index >= 15 is 0 Å². The Balaban J connectivity index is 2.13.